The number of carbonyl (C=O) groups is 2. The molecule has 2 amide bonds. The van der Waals surface area contributed by atoms with E-state index in [1.54, 1.807) is 15.9 Å². The molecule has 0 aromatic heterocycles. The maximum atomic E-state index is 14.5. The Morgan fingerprint density at radius 3 is 2.62 bits per heavy atom. The van der Waals surface area contributed by atoms with Gasteiger partial charge in [-0.3, -0.25) is 9.59 Å². The van der Waals surface area contributed by atoms with E-state index in [1.807, 2.05) is 6.07 Å². The smallest absolute Gasteiger partial charge is 0.260 e. The Labute approximate surface area is 152 Å². The summed E-state index contributed by atoms with van der Waals surface area (Å²) in [5.74, 6) is -0.730. The number of benzene rings is 1. The van der Waals surface area contributed by atoms with Gasteiger partial charge >= 0.3 is 0 Å². The van der Waals surface area contributed by atoms with Crippen LogP contribution in [0.2, 0.25) is 0 Å². The van der Waals surface area contributed by atoms with E-state index in [4.69, 9.17) is 0 Å². The molecular formula is C20H24F2N2O2. The topological polar surface area (TPSA) is 40.6 Å². The highest BCUT2D eigenvalue weighted by atomic mass is 19.1. The van der Waals surface area contributed by atoms with Crippen molar-refractivity contribution in [3.05, 3.63) is 35.6 Å². The highest BCUT2D eigenvalue weighted by Crippen LogP contribution is 2.43. The Kier molecular flexibility index (Phi) is 4.24. The van der Waals surface area contributed by atoms with Gasteiger partial charge in [0.15, 0.2) is 5.67 Å². The molecule has 6 heteroatoms. The molecule has 2 aliphatic heterocycles. The Morgan fingerprint density at radius 2 is 1.92 bits per heavy atom. The van der Waals surface area contributed by atoms with E-state index >= 15 is 0 Å². The SMILES string of the molecule is O=C(N1CCCC2(CCN(Cc3cccc(F)c3)C2=O)C1)C1(F)CCC1. The molecule has 0 N–H and O–H groups in total. The fourth-order valence-electron chi connectivity index (χ4n) is 4.57. The molecule has 1 aliphatic carbocycles. The van der Waals surface area contributed by atoms with E-state index < -0.39 is 17.0 Å². The summed E-state index contributed by atoms with van der Waals surface area (Å²) in [6, 6.07) is 6.27. The highest BCUT2D eigenvalue weighted by Gasteiger charge is 2.53. The van der Waals surface area contributed by atoms with Crippen LogP contribution in [0.15, 0.2) is 24.3 Å². The summed E-state index contributed by atoms with van der Waals surface area (Å²) in [6.45, 7) is 1.82. The van der Waals surface area contributed by atoms with Gasteiger partial charge < -0.3 is 9.80 Å². The standard InChI is InChI=1S/C20H24F2N2O2/c21-16-5-1-4-15(12-16)13-23-11-9-19(17(23)25)6-3-10-24(14-19)18(26)20(22)7-2-8-20/h1,4-5,12H,2-3,6-11,13-14H2. The van der Waals surface area contributed by atoms with Crippen LogP contribution in [0.3, 0.4) is 0 Å². The minimum atomic E-state index is -1.71. The van der Waals surface area contributed by atoms with Crippen LogP contribution in [-0.2, 0) is 16.1 Å². The number of piperidine rings is 1. The molecule has 1 spiro atoms. The van der Waals surface area contributed by atoms with E-state index in [0.717, 1.165) is 24.8 Å². The predicted molar refractivity (Wildman–Crippen MR) is 92.4 cm³/mol. The first-order valence-electron chi connectivity index (χ1n) is 9.44. The monoisotopic (exact) mass is 362 g/mol. The molecule has 3 aliphatic rings. The van der Waals surface area contributed by atoms with Crippen molar-refractivity contribution in [3.63, 3.8) is 0 Å². The lowest BCUT2D eigenvalue weighted by Gasteiger charge is -2.43. The minimum absolute atomic E-state index is 0.0146. The van der Waals surface area contributed by atoms with E-state index in [9.17, 15) is 18.4 Å². The number of likely N-dealkylation sites (tertiary alicyclic amines) is 2. The van der Waals surface area contributed by atoms with Gasteiger partial charge in [0.1, 0.15) is 5.82 Å². The molecule has 3 fully saturated rings. The molecule has 1 aromatic rings. The van der Waals surface area contributed by atoms with Gasteiger partial charge in [-0.15, -0.1) is 0 Å². The Morgan fingerprint density at radius 1 is 1.12 bits per heavy atom. The van der Waals surface area contributed by atoms with Crippen LogP contribution in [0.5, 0.6) is 0 Å². The summed E-state index contributed by atoms with van der Waals surface area (Å²) in [5, 5.41) is 0. The molecule has 4 rings (SSSR count). The number of nitrogens with zero attached hydrogens (tertiary/aromatic N) is 2. The van der Waals surface area contributed by atoms with Crippen LogP contribution in [-0.4, -0.2) is 46.9 Å². The summed E-state index contributed by atoms with van der Waals surface area (Å²) >= 11 is 0. The van der Waals surface area contributed by atoms with Crippen molar-refractivity contribution in [1.82, 2.24) is 9.80 Å². The van der Waals surface area contributed by atoms with E-state index in [-0.39, 0.29) is 11.7 Å². The van der Waals surface area contributed by atoms with Crippen LogP contribution >= 0.6 is 0 Å². The van der Waals surface area contributed by atoms with Crippen LogP contribution in [0.25, 0.3) is 0 Å². The largest absolute Gasteiger partial charge is 0.339 e. The van der Waals surface area contributed by atoms with Crippen molar-refractivity contribution in [1.29, 1.82) is 0 Å². The molecule has 2 heterocycles. The molecule has 2 saturated heterocycles. The summed E-state index contributed by atoms with van der Waals surface area (Å²) in [7, 11) is 0. The fraction of sp³-hybridized carbons (Fsp3) is 0.600. The van der Waals surface area contributed by atoms with Crippen molar-refractivity contribution in [3.8, 4) is 0 Å². The molecule has 4 nitrogen and oxygen atoms in total. The van der Waals surface area contributed by atoms with Crippen molar-refractivity contribution in [2.45, 2.75) is 50.7 Å². The maximum Gasteiger partial charge on any atom is 0.260 e. The molecule has 26 heavy (non-hydrogen) atoms. The zero-order chi connectivity index (χ0) is 18.4. The van der Waals surface area contributed by atoms with Crippen molar-refractivity contribution >= 4 is 11.8 Å². The number of hydrogen-bond donors (Lipinski definition) is 0. The van der Waals surface area contributed by atoms with Crippen LogP contribution in [0.4, 0.5) is 8.78 Å². The second-order valence-electron chi connectivity index (χ2n) is 8.04. The third-order valence-corrected chi connectivity index (χ3v) is 6.26. The zero-order valence-electron chi connectivity index (χ0n) is 14.8. The van der Waals surface area contributed by atoms with Crippen LogP contribution in [0, 0.1) is 11.2 Å². The average Bonchev–Trinajstić information content (AvgIpc) is 2.88. The van der Waals surface area contributed by atoms with Crippen molar-refractivity contribution in [2.24, 2.45) is 5.41 Å². The van der Waals surface area contributed by atoms with Gasteiger partial charge in [-0.2, -0.15) is 0 Å². The quantitative estimate of drug-likeness (QED) is 0.829. The van der Waals surface area contributed by atoms with Crippen LogP contribution < -0.4 is 0 Å². The number of amides is 2. The molecule has 1 unspecified atom stereocenters. The van der Waals surface area contributed by atoms with Gasteiger partial charge in [0.2, 0.25) is 5.91 Å². The third-order valence-electron chi connectivity index (χ3n) is 6.26. The number of alkyl halides is 1. The fourth-order valence-corrected chi connectivity index (χ4v) is 4.57. The first-order valence-corrected chi connectivity index (χ1v) is 9.44. The number of hydrogen-bond acceptors (Lipinski definition) is 2. The third kappa shape index (κ3) is 2.89. The lowest BCUT2D eigenvalue weighted by Crippen LogP contribution is -2.56. The first kappa shape index (κ1) is 17.4. The number of halogens is 2. The molecule has 1 saturated carbocycles. The molecule has 1 aromatic carbocycles. The van der Waals surface area contributed by atoms with Gasteiger partial charge in [0, 0.05) is 26.2 Å². The van der Waals surface area contributed by atoms with Gasteiger partial charge in [-0.05, 0) is 56.2 Å². The Hall–Kier alpha value is -1.98. The van der Waals surface area contributed by atoms with Gasteiger partial charge in [-0.1, -0.05) is 12.1 Å². The number of rotatable bonds is 3. The first-order chi connectivity index (χ1) is 12.4. The molecule has 0 bridgehead atoms. The minimum Gasteiger partial charge on any atom is -0.339 e. The molecule has 140 valence electrons. The zero-order valence-corrected chi connectivity index (χ0v) is 14.8. The lowest BCUT2D eigenvalue weighted by molar-refractivity contribution is -0.156. The second-order valence-corrected chi connectivity index (χ2v) is 8.04. The van der Waals surface area contributed by atoms with Crippen molar-refractivity contribution in [2.75, 3.05) is 19.6 Å². The van der Waals surface area contributed by atoms with E-state index in [1.165, 1.54) is 12.1 Å². The highest BCUT2D eigenvalue weighted by molar-refractivity contribution is 5.89. The molecule has 1 atom stereocenters. The van der Waals surface area contributed by atoms with Gasteiger partial charge in [-0.25, -0.2) is 8.78 Å². The summed E-state index contributed by atoms with van der Waals surface area (Å²) in [4.78, 5) is 28.9. The lowest BCUT2D eigenvalue weighted by atomic mass is 9.76. The summed E-state index contributed by atoms with van der Waals surface area (Å²) in [5.41, 5.74) is -1.54. The van der Waals surface area contributed by atoms with E-state index in [2.05, 4.69) is 0 Å². The predicted octanol–water partition coefficient (Wildman–Crippen LogP) is 3.06. The van der Waals surface area contributed by atoms with E-state index in [0.29, 0.717) is 45.4 Å². The second kappa shape index (κ2) is 6.32. The maximum absolute atomic E-state index is 14.5. The Bertz CT molecular complexity index is 734. The van der Waals surface area contributed by atoms with Crippen molar-refractivity contribution < 1.29 is 18.4 Å². The average molecular weight is 362 g/mol. The number of carbonyl (C=O) groups excluding carboxylic acids is 2. The van der Waals surface area contributed by atoms with Gasteiger partial charge in [0.25, 0.3) is 5.91 Å². The van der Waals surface area contributed by atoms with Gasteiger partial charge in [0.05, 0.1) is 5.41 Å². The van der Waals surface area contributed by atoms with Crippen LogP contribution in [0.1, 0.15) is 44.1 Å². The summed E-state index contributed by atoms with van der Waals surface area (Å²) in [6.07, 6.45) is 3.48. The summed E-state index contributed by atoms with van der Waals surface area (Å²) < 4.78 is 27.9. The molecular weight excluding hydrogens is 338 g/mol. The normalized spacial score (nSPS) is 27.7. The Balaban J connectivity index is 1.46. The molecule has 0 radical (unpaired) electrons.